The Labute approximate surface area is 151 Å². The molecule has 0 saturated carbocycles. The van der Waals surface area contributed by atoms with Gasteiger partial charge in [0, 0.05) is 17.9 Å². The summed E-state index contributed by atoms with van der Waals surface area (Å²) in [5.74, 6) is -0.458. The number of carbonyl (C=O) groups is 3. The second kappa shape index (κ2) is 7.18. The fourth-order valence-corrected chi connectivity index (χ4v) is 4.04. The number of anilines is 1. The highest BCUT2D eigenvalue weighted by atomic mass is 32.2. The van der Waals surface area contributed by atoms with Crippen molar-refractivity contribution in [1.82, 2.24) is 10.2 Å². The van der Waals surface area contributed by atoms with Gasteiger partial charge in [0.05, 0.1) is 11.4 Å². The number of benzene rings is 1. The standard InChI is InChI=1S/C16H16F3N3O3S/c17-16(18,19)9-2-1-3-10(6-9)20-14(24)12-7-26-8-22(12)15(25)11-4-5-13(23)21-11/h1-3,6,11-12H,4-5,7-8H2,(H,20,24)(H,21,23)/t11?,12-/m1/s1. The smallest absolute Gasteiger partial charge is 0.344 e. The van der Waals surface area contributed by atoms with Crippen LogP contribution in [0.1, 0.15) is 18.4 Å². The number of hydrogen-bond donors (Lipinski definition) is 2. The molecule has 140 valence electrons. The molecular weight excluding hydrogens is 371 g/mol. The molecule has 10 heteroatoms. The number of nitrogens with zero attached hydrogens (tertiary/aromatic N) is 1. The molecule has 2 N–H and O–H groups in total. The molecule has 0 aromatic heterocycles. The van der Waals surface area contributed by atoms with Crippen molar-refractivity contribution >= 4 is 35.2 Å². The summed E-state index contributed by atoms with van der Waals surface area (Å²) in [5.41, 5.74) is -0.846. The quantitative estimate of drug-likeness (QED) is 0.830. The first-order valence-electron chi connectivity index (χ1n) is 7.91. The molecule has 0 bridgehead atoms. The maximum atomic E-state index is 12.8. The second-order valence-electron chi connectivity index (χ2n) is 6.05. The fraction of sp³-hybridized carbons (Fsp3) is 0.438. The van der Waals surface area contributed by atoms with E-state index in [1.165, 1.54) is 28.8 Å². The molecule has 2 aliphatic heterocycles. The third-order valence-electron chi connectivity index (χ3n) is 4.22. The van der Waals surface area contributed by atoms with Gasteiger partial charge in [0.1, 0.15) is 12.1 Å². The van der Waals surface area contributed by atoms with Crippen molar-refractivity contribution in [2.75, 3.05) is 16.9 Å². The Morgan fingerprint density at radius 2 is 2.08 bits per heavy atom. The van der Waals surface area contributed by atoms with E-state index < -0.39 is 29.7 Å². The summed E-state index contributed by atoms with van der Waals surface area (Å²) in [6, 6.07) is 2.89. The Morgan fingerprint density at radius 3 is 2.73 bits per heavy atom. The molecule has 0 aliphatic carbocycles. The van der Waals surface area contributed by atoms with E-state index in [1.807, 2.05) is 0 Å². The lowest BCUT2D eigenvalue weighted by Gasteiger charge is -2.25. The molecule has 2 atom stereocenters. The van der Waals surface area contributed by atoms with Crippen LogP contribution in [0.2, 0.25) is 0 Å². The van der Waals surface area contributed by atoms with Crippen LogP contribution in [0.25, 0.3) is 0 Å². The molecule has 2 saturated heterocycles. The van der Waals surface area contributed by atoms with E-state index in [0.717, 1.165) is 12.1 Å². The number of rotatable bonds is 3. The minimum Gasteiger partial charge on any atom is -0.344 e. The summed E-state index contributed by atoms with van der Waals surface area (Å²) in [4.78, 5) is 37.6. The minimum absolute atomic E-state index is 0.0169. The van der Waals surface area contributed by atoms with Crippen LogP contribution in [0.5, 0.6) is 0 Å². The molecule has 2 fully saturated rings. The lowest BCUT2D eigenvalue weighted by molar-refractivity contribution is -0.138. The predicted molar refractivity (Wildman–Crippen MR) is 89.2 cm³/mol. The van der Waals surface area contributed by atoms with Crippen LogP contribution in [0, 0.1) is 0 Å². The first kappa shape index (κ1) is 18.6. The van der Waals surface area contributed by atoms with Crippen molar-refractivity contribution in [2.45, 2.75) is 31.1 Å². The SMILES string of the molecule is O=C1CCC(C(=O)N2CSC[C@@H]2C(=O)Nc2cccc(C(F)(F)F)c2)N1. The van der Waals surface area contributed by atoms with Crippen molar-refractivity contribution in [2.24, 2.45) is 0 Å². The number of nitrogens with one attached hydrogen (secondary N) is 2. The summed E-state index contributed by atoms with van der Waals surface area (Å²) in [7, 11) is 0. The monoisotopic (exact) mass is 387 g/mol. The maximum Gasteiger partial charge on any atom is 0.416 e. The van der Waals surface area contributed by atoms with Crippen molar-refractivity contribution < 1.29 is 27.6 Å². The molecule has 1 aromatic rings. The van der Waals surface area contributed by atoms with Gasteiger partial charge in [-0.2, -0.15) is 13.2 Å². The molecule has 0 spiro atoms. The van der Waals surface area contributed by atoms with Crippen LogP contribution in [-0.2, 0) is 20.6 Å². The van der Waals surface area contributed by atoms with Gasteiger partial charge in [0.15, 0.2) is 0 Å². The molecule has 6 nitrogen and oxygen atoms in total. The van der Waals surface area contributed by atoms with Crippen LogP contribution in [0.15, 0.2) is 24.3 Å². The van der Waals surface area contributed by atoms with Crippen LogP contribution in [0.4, 0.5) is 18.9 Å². The van der Waals surface area contributed by atoms with E-state index in [2.05, 4.69) is 10.6 Å². The van der Waals surface area contributed by atoms with Gasteiger partial charge in [-0.05, 0) is 24.6 Å². The molecule has 1 unspecified atom stereocenters. The van der Waals surface area contributed by atoms with Crippen molar-refractivity contribution in [3.8, 4) is 0 Å². The van der Waals surface area contributed by atoms with E-state index in [1.54, 1.807) is 0 Å². The number of hydrogen-bond acceptors (Lipinski definition) is 4. The van der Waals surface area contributed by atoms with Gasteiger partial charge >= 0.3 is 6.18 Å². The zero-order valence-electron chi connectivity index (χ0n) is 13.5. The number of alkyl halides is 3. The lowest BCUT2D eigenvalue weighted by atomic mass is 10.1. The molecule has 2 heterocycles. The molecule has 0 radical (unpaired) electrons. The molecule has 2 aliphatic rings. The number of halogens is 3. The van der Waals surface area contributed by atoms with E-state index >= 15 is 0 Å². The highest BCUT2D eigenvalue weighted by molar-refractivity contribution is 7.99. The molecule has 3 rings (SSSR count). The minimum atomic E-state index is -4.51. The van der Waals surface area contributed by atoms with Crippen molar-refractivity contribution in [3.05, 3.63) is 29.8 Å². The number of carbonyl (C=O) groups excluding carboxylic acids is 3. The molecule has 1 aromatic carbocycles. The topological polar surface area (TPSA) is 78.5 Å². The summed E-state index contributed by atoms with van der Waals surface area (Å²) in [6.45, 7) is 0. The summed E-state index contributed by atoms with van der Waals surface area (Å²) in [5, 5.41) is 5.01. The second-order valence-corrected chi connectivity index (χ2v) is 7.05. The molecule has 3 amide bonds. The third-order valence-corrected chi connectivity index (χ3v) is 5.23. The van der Waals surface area contributed by atoms with Gasteiger partial charge in [0.25, 0.3) is 0 Å². The summed E-state index contributed by atoms with van der Waals surface area (Å²) in [6.07, 6.45) is -3.87. The van der Waals surface area contributed by atoms with Crippen LogP contribution in [-0.4, -0.2) is 46.3 Å². The Bertz CT molecular complexity index is 741. The van der Waals surface area contributed by atoms with Gasteiger partial charge in [0.2, 0.25) is 17.7 Å². The molecular formula is C16H16F3N3O3S. The Hall–Kier alpha value is -2.23. The van der Waals surface area contributed by atoms with Crippen LogP contribution >= 0.6 is 11.8 Å². The highest BCUT2D eigenvalue weighted by Gasteiger charge is 2.40. The average molecular weight is 387 g/mol. The Balaban J connectivity index is 1.69. The van der Waals surface area contributed by atoms with E-state index in [-0.39, 0.29) is 23.9 Å². The third kappa shape index (κ3) is 3.95. The lowest BCUT2D eigenvalue weighted by Crippen LogP contribution is -2.50. The van der Waals surface area contributed by atoms with Crippen LogP contribution in [0.3, 0.4) is 0 Å². The number of thioether (sulfide) groups is 1. The fourth-order valence-electron chi connectivity index (χ4n) is 2.88. The van der Waals surface area contributed by atoms with Crippen molar-refractivity contribution in [3.63, 3.8) is 0 Å². The van der Waals surface area contributed by atoms with Crippen molar-refractivity contribution in [1.29, 1.82) is 0 Å². The summed E-state index contributed by atoms with van der Waals surface area (Å²) < 4.78 is 38.3. The summed E-state index contributed by atoms with van der Waals surface area (Å²) >= 11 is 1.38. The zero-order chi connectivity index (χ0) is 18.9. The van der Waals surface area contributed by atoms with Crippen LogP contribution < -0.4 is 10.6 Å². The normalized spacial score (nSPS) is 23.0. The van der Waals surface area contributed by atoms with E-state index in [0.29, 0.717) is 18.1 Å². The van der Waals surface area contributed by atoms with E-state index in [9.17, 15) is 27.6 Å². The van der Waals surface area contributed by atoms with E-state index in [4.69, 9.17) is 0 Å². The Kier molecular flexibility index (Phi) is 5.12. The van der Waals surface area contributed by atoms with Gasteiger partial charge in [-0.25, -0.2) is 0 Å². The van der Waals surface area contributed by atoms with Gasteiger partial charge in [-0.3, -0.25) is 14.4 Å². The Morgan fingerprint density at radius 1 is 1.31 bits per heavy atom. The predicted octanol–water partition coefficient (Wildman–Crippen LogP) is 1.82. The van der Waals surface area contributed by atoms with Gasteiger partial charge < -0.3 is 15.5 Å². The number of amides is 3. The highest BCUT2D eigenvalue weighted by Crippen LogP contribution is 2.31. The average Bonchev–Trinajstić information content (AvgIpc) is 3.22. The van der Waals surface area contributed by atoms with Gasteiger partial charge in [-0.15, -0.1) is 11.8 Å². The first-order valence-corrected chi connectivity index (χ1v) is 9.07. The maximum absolute atomic E-state index is 12.8. The van der Waals surface area contributed by atoms with Gasteiger partial charge in [-0.1, -0.05) is 6.07 Å². The largest absolute Gasteiger partial charge is 0.416 e. The first-order chi connectivity index (χ1) is 12.3. The molecule has 26 heavy (non-hydrogen) atoms. The zero-order valence-corrected chi connectivity index (χ0v) is 14.3.